The van der Waals surface area contributed by atoms with Crippen molar-refractivity contribution in [2.45, 2.75) is 207 Å². The Bertz CT molecular complexity index is 916. The maximum absolute atomic E-state index is 11.4. The highest BCUT2D eigenvalue weighted by atomic mass is 32.2. The molecule has 0 spiro atoms. The van der Waals surface area contributed by atoms with E-state index in [1.54, 1.807) is 0 Å². The largest absolute Gasteiger partial charge is 0.491 e. The molecule has 5 nitrogen and oxygen atoms in total. The maximum atomic E-state index is 11.4. The van der Waals surface area contributed by atoms with Gasteiger partial charge in [-0.15, -0.1) is 0 Å². The first-order chi connectivity index (χ1) is 22.9. The van der Waals surface area contributed by atoms with E-state index in [1.807, 2.05) is 6.07 Å². The zero-order valence-corrected chi connectivity index (χ0v) is 32.3. The molecule has 0 atom stereocenters. The molecule has 1 rings (SSSR count). The molecule has 6 heteroatoms. The van der Waals surface area contributed by atoms with Gasteiger partial charge in [0.2, 0.25) is 0 Å². The molecule has 0 bridgehead atoms. The standard InChI is InChI=1S/C41H76O5S/c1-5-8-11-14-17-18-19-20-21-22-23-24-27-30-38-35-40(44-33-34-45-47(4,42)43)37-41(36-38)46-39(31-28-25-15-12-9-6-2)32-29-26-16-13-10-7-3/h35-37,39H,5-34H2,1-4H3. The third-order valence-electron chi connectivity index (χ3n) is 9.22. The second-order valence-corrected chi connectivity index (χ2v) is 15.7. The van der Waals surface area contributed by atoms with E-state index in [2.05, 4.69) is 32.9 Å². The van der Waals surface area contributed by atoms with Gasteiger partial charge in [0, 0.05) is 6.07 Å². The molecule has 1 aromatic rings. The molecule has 0 amide bonds. The Labute approximate surface area is 292 Å². The number of hydrogen-bond acceptors (Lipinski definition) is 5. The third kappa shape index (κ3) is 28.3. The van der Waals surface area contributed by atoms with Gasteiger partial charge < -0.3 is 9.47 Å². The molecular formula is C41H76O5S. The Balaban J connectivity index is 2.67. The van der Waals surface area contributed by atoms with Crippen LogP contribution < -0.4 is 9.47 Å². The molecule has 0 fully saturated rings. The van der Waals surface area contributed by atoms with E-state index >= 15 is 0 Å². The predicted octanol–water partition coefficient (Wildman–Crippen LogP) is 12.9. The summed E-state index contributed by atoms with van der Waals surface area (Å²) < 4.78 is 40.4. The van der Waals surface area contributed by atoms with Gasteiger partial charge in [0.15, 0.2) is 0 Å². The highest BCUT2D eigenvalue weighted by molar-refractivity contribution is 7.85. The maximum Gasteiger partial charge on any atom is 0.264 e. The summed E-state index contributed by atoms with van der Waals surface area (Å²) in [6.45, 7) is 7.03. The van der Waals surface area contributed by atoms with Crippen molar-refractivity contribution in [3.05, 3.63) is 23.8 Å². The van der Waals surface area contributed by atoms with Crippen LogP contribution in [0.2, 0.25) is 0 Å². The number of unbranched alkanes of at least 4 members (excludes halogenated alkanes) is 22. The number of aryl methyl sites for hydroxylation is 1. The Morgan fingerprint density at radius 2 is 0.915 bits per heavy atom. The summed E-state index contributed by atoms with van der Waals surface area (Å²) in [5, 5.41) is 0. The smallest absolute Gasteiger partial charge is 0.264 e. The quantitative estimate of drug-likeness (QED) is 0.0527. The monoisotopic (exact) mass is 681 g/mol. The molecule has 0 N–H and O–H groups in total. The fourth-order valence-electron chi connectivity index (χ4n) is 6.38. The molecule has 0 aromatic heterocycles. The van der Waals surface area contributed by atoms with Crippen molar-refractivity contribution in [2.24, 2.45) is 0 Å². The first kappa shape index (κ1) is 43.8. The van der Waals surface area contributed by atoms with E-state index in [4.69, 9.17) is 13.7 Å². The molecular weight excluding hydrogens is 605 g/mol. The summed E-state index contributed by atoms with van der Waals surface area (Å²) in [5.74, 6) is 1.63. The van der Waals surface area contributed by atoms with Crippen LogP contribution in [0.5, 0.6) is 11.5 Å². The Morgan fingerprint density at radius 1 is 0.511 bits per heavy atom. The zero-order chi connectivity index (χ0) is 34.3. The van der Waals surface area contributed by atoms with Crippen molar-refractivity contribution >= 4 is 10.1 Å². The van der Waals surface area contributed by atoms with Crippen LogP contribution >= 0.6 is 0 Å². The van der Waals surface area contributed by atoms with Gasteiger partial charge in [-0.05, 0) is 56.2 Å². The summed E-state index contributed by atoms with van der Waals surface area (Å²) >= 11 is 0. The van der Waals surface area contributed by atoms with Gasteiger partial charge in [0.05, 0.1) is 12.4 Å². The van der Waals surface area contributed by atoms with E-state index in [0.29, 0.717) is 0 Å². The average molecular weight is 681 g/mol. The van der Waals surface area contributed by atoms with Gasteiger partial charge in [0.25, 0.3) is 10.1 Å². The minimum atomic E-state index is -3.48. The van der Waals surface area contributed by atoms with Crippen LogP contribution in [-0.4, -0.2) is 34.0 Å². The van der Waals surface area contributed by atoms with Crippen molar-refractivity contribution in [1.82, 2.24) is 0 Å². The van der Waals surface area contributed by atoms with Crippen LogP contribution in [0.1, 0.15) is 200 Å². The number of hydrogen-bond donors (Lipinski definition) is 0. The van der Waals surface area contributed by atoms with Gasteiger partial charge >= 0.3 is 0 Å². The Hall–Kier alpha value is -1.27. The lowest BCUT2D eigenvalue weighted by Crippen LogP contribution is -2.17. The minimum Gasteiger partial charge on any atom is -0.491 e. The van der Waals surface area contributed by atoms with E-state index in [-0.39, 0.29) is 19.3 Å². The number of rotatable bonds is 35. The van der Waals surface area contributed by atoms with Gasteiger partial charge in [0.1, 0.15) is 24.7 Å². The first-order valence-electron chi connectivity index (χ1n) is 20.2. The van der Waals surface area contributed by atoms with E-state index in [0.717, 1.165) is 43.4 Å². The number of benzene rings is 1. The topological polar surface area (TPSA) is 61.8 Å². The molecule has 0 radical (unpaired) electrons. The molecule has 0 saturated heterocycles. The Kier molecular flexibility index (Phi) is 28.6. The summed E-state index contributed by atoms with van der Waals surface area (Å²) in [4.78, 5) is 0. The minimum absolute atomic E-state index is 0.0107. The summed E-state index contributed by atoms with van der Waals surface area (Å²) in [5.41, 5.74) is 1.24. The third-order valence-corrected chi connectivity index (χ3v) is 9.82. The molecule has 1 aromatic carbocycles. The molecule has 0 aliphatic carbocycles. The summed E-state index contributed by atoms with van der Waals surface area (Å²) in [7, 11) is -3.48. The normalized spacial score (nSPS) is 11.9. The molecule has 0 heterocycles. The van der Waals surface area contributed by atoms with Crippen molar-refractivity contribution < 1.29 is 22.1 Å². The van der Waals surface area contributed by atoms with E-state index in [9.17, 15) is 8.42 Å². The fourth-order valence-corrected chi connectivity index (χ4v) is 6.75. The fraction of sp³-hybridized carbons (Fsp3) is 0.854. The highest BCUT2D eigenvalue weighted by Gasteiger charge is 2.13. The zero-order valence-electron chi connectivity index (χ0n) is 31.5. The van der Waals surface area contributed by atoms with Crippen LogP contribution in [-0.2, 0) is 20.7 Å². The van der Waals surface area contributed by atoms with Gasteiger partial charge in [-0.25, -0.2) is 0 Å². The average Bonchev–Trinajstić information content (AvgIpc) is 3.04. The molecule has 276 valence electrons. The van der Waals surface area contributed by atoms with Crippen LogP contribution in [0.25, 0.3) is 0 Å². The Morgan fingerprint density at radius 3 is 1.36 bits per heavy atom. The molecule has 0 aliphatic heterocycles. The van der Waals surface area contributed by atoms with Gasteiger partial charge in [-0.1, -0.05) is 162 Å². The van der Waals surface area contributed by atoms with E-state index < -0.39 is 10.1 Å². The predicted molar refractivity (Wildman–Crippen MR) is 203 cm³/mol. The SMILES string of the molecule is CCCCCCCCCCCCCCCc1cc(OCCOS(C)(=O)=O)cc(OC(CCCCCCCC)CCCCCCCC)c1. The summed E-state index contributed by atoms with van der Waals surface area (Å²) in [6.07, 6.45) is 37.6. The van der Waals surface area contributed by atoms with Crippen LogP contribution in [0.3, 0.4) is 0 Å². The second kappa shape index (κ2) is 30.8. The van der Waals surface area contributed by atoms with E-state index in [1.165, 1.54) is 160 Å². The molecule has 0 unspecified atom stereocenters. The van der Waals surface area contributed by atoms with Crippen molar-refractivity contribution in [1.29, 1.82) is 0 Å². The lowest BCUT2D eigenvalue weighted by molar-refractivity contribution is 0.171. The lowest BCUT2D eigenvalue weighted by atomic mass is 10.0. The van der Waals surface area contributed by atoms with Crippen molar-refractivity contribution in [3.8, 4) is 11.5 Å². The number of ether oxygens (including phenoxy) is 2. The summed E-state index contributed by atoms with van der Waals surface area (Å²) in [6, 6.07) is 6.31. The van der Waals surface area contributed by atoms with Gasteiger partial charge in [-0.2, -0.15) is 8.42 Å². The van der Waals surface area contributed by atoms with Crippen molar-refractivity contribution in [2.75, 3.05) is 19.5 Å². The molecule has 0 aliphatic rings. The first-order valence-corrected chi connectivity index (χ1v) is 22.0. The van der Waals surface area contributed by atoms with Crippen LogP contribution in [0.4, 0.5) is 0 Å². The van der Waals surface area contributed by atoms with Crippen LogP contribution in [0, 0.1) is 0 Å². The molecule has 0 saturated carbocycles. The second-order valence-electron chi connectivity index (χ2n) is 14.0. The van der Waals surface area contributed by atoms with Crippen molar-refractivity contribution in [3.63, 3.8) is 0 Å². The van der Waals surface area contributed by atoms with Crippen LogP contribution in [0.15, 0.2) is 18.2 Å². The lowest BCUT2D eigenvalue weighted by Gasteiger charge is -2.21. The highest BCUT2D eigenvalue weighted by Crippen LogP contribution is 2.28. The van der Waals surface area contributed by atoms with Gasteiger partial charge in [-0.3, -0.25) is 4.18 Å². The molecule has 47 heavy (non-hydrogen) atoms.